The lowest BCUT2D eigenvalue weighted by molar-refractivity contribution is -0.164. The third kappa shape index (κ3) is 7.17. The van der Waals surface area contributed by atoms with Crippen LogP contribution in [0.4, 0.5) is 13.2 Å². The molecule has 0 saturated heterocycles. The highest BCUT2D eigenvalue weighted by atomic mass is 19.4. The predicted molar refractivity (Wildman–Crippen MR) is 57.2 cm³/mol. The summed E-state index contributed by atoms with van der Waals surface area (Å²) in [5.74, 6) is -1.10. The molecule has 7 heteroatoms. The second-order valence-corrected chi connectivity index (χ2v) is 3.93. The summed E-state index contributed by atoms with van der Waals surface area (Å²) in [4.78, 5) is 12.3. The molecule has 1 atom stereocenters. The molecule has 0 spiro atoms. The van der Waals surface area contributed by atoms with E-state index in [1.807, 2.05) is 0 Å². The van der Waals surface area contributed by atoms with Crippen molar-refractivity contribution in [3.8, 4) is 0 Å². The molecule has 0 aromatic rings. The van der Waals surface area contributed by atoms with Crippen molar-refractivity contribution in [2.45, 2.75) is 25.9 Å². The number of aliphatic hydroxyl groups is 1. The number of hydrogen-bond donors (Lipinski definition) is 2. The number of hydrogen-bond acceptors (Lipinski definition) is 3. The maximum Gasteiger partial charge on any atom is 0.406 e. The van der Waals surface area contributed by atoms with E-state index in [2.05, 4.69) is 0 Å². The topological polar surface area (TPSA) is 66.6 Å². The summed E-state index contributed by atoms with van der Waals surface area (Å²) in [6, 6.07) is 0. The largest absolute Gasteiger partial charge is 0.406 e. The quantitative estimate of drug-likeness (QED) is 0.706. The van der Waals surface area contributed by atoms with Crippen LogP contribution in [0, 0.1) is 5.92 Å². The Morgan fingerprint density at radius 2 is 2.06 bits per heavy atom. The number of nitrogens with two attached hydrogens (primary N) is 1. The Balaban J connectivity index is 4.42. The number of carbonyl (C=O) groups is 1. The Kier molecular flexibility index (Phi) is 7.13. The van der Waals surface area contributed by atoms with E-state index in [0.717, 1.165) is 0 Å². The maximum absolute atomic E-state index is 12.2. The van der Waals surface area contributed by atoms with Crippen molar-refractivity contribution in [1.29, 1.82) is 0 Å². The maximum atomic E-state index is 12.2. The van der Waals surface area contributed by atoms with Gasteiger partial charge < -0.3 is 15.7 Å². The molecule has 1 unspecified atom stereocenters. The molecule has 3 N–H and O–H groups in total. The van der Waals surface area contributed by atoms with E-state index in [9.17, 15) is 18.0 Å². The molecule has 0 radical (unpaired) electrons. The molecule has 4 nitrogen and oxygen atoms in total. The molecule has 0 aliphatic rings. The van der Waals surface area contributed by atoms with Crippen LogP contribution in [0.1, 0.15) is 19.8 Å². The molecule has 0 bridgehead atoms. The molecule has 0 aromatic heterocycles. The SMILES string of the molecule is CC(CCCN)C(=O)N(CCO)CC(F)(F)F. The van der Waals surface area contributed by atoms with Crippen LogP contribution >= 0.6 is 0 Å². The van der Waals surface area contributed by atoms with E-state index in [-0.39, 0.29) is 6.54 Å². The van der Waals surface area contributed by atoms with Gasteiger partial charge in [-0.15, -0.1) is 0 Å². The third-order valence-electron chi connectivity index (χ3n) is 2.31. The lowest BCUT2D eigenvalue weighted by atomic mass is 10.0. The van der Waals surface area contributed by atoms with Gasteiger partial charge >= 0.3 is 6.18 Å². The van der Waals surface area contributed by atoms with Gasteiger partial charge in [0.05, 0.1) is 6.61 Å². The van der Waals surface area contributed by atoms with Crippen molar-refractivity contribution in [3.05, 3.63) is 0 Å². The molecule has 17 heavy (non-hydrogen) atoms. The summed E-state index contributed by atoms with van der Waals surface area (Å²) < 4.78 is 36.6. The van der Waals surface area contributed by atoms with Crippen LogP contribution in [-0.4, -0.2) is 48.3 Å². The van der Waals surface area contributed by atoms with Gasteiger partial charge in [0.25, 0.3) is 0 Å². The summed E-state index contributed by atoms with van der Waals surface area (Å²) >= 11 is 0. The summed E-state index contributed by atoms with van der Waals surface area (Å²) in [5, 5.41) is 8.66. The van der Waals surface area contributed by atoms with Crippen molar-refractivity contribution in [2.75, 3.05) is 26.2 Å². The highest BCUT2D eigenvalue weighted by Gasteiger charge is 2.33. The number of halogens is 3. The van der Waals surface area contributed by atoms with E-state index in [0.29, 0.717) is 24.3 Å². The zero-order valence-electron chi connectivity index (χ0n) is 9.83. The predicted octanol–water partition coefficient (Wildman–Crippen LogP) is 0.745. The first-order valence-electron chi connectivity index (χ1n) is 5.48. The van der Waals surface area contributed by atoms with Crippen LogP contribution in [0.3, 0.4) is 0 Å². The van der Waals surface area contributed by atoms with Crippen molar-refractivity contribution >= 4 is 5.91 Å². The van der Waals surface area contributed by atoms with Crippen LogP contribution in [0.5, 0.6) is 0 Å². The first kappa shape index (κ1) is 16.2. The highest BCUT2D eigenvalue weighted by Crippen LogP contribution is 2.18. The fraction of sp³-hybridized carbons (Fsp3) is 0.900. The van der Waals surface area contributed by atoms with E-state index in [1.54, 1.807) is 6.92 Å². The van der Waals surface area contributed by atoms with Crippen LogP contribution in [-0.2, 0) is 4.79 Å². The third-order valence-corrected chi connectivity index (χ3v) is 2.31. The summed E-state index contributed by atoms with van der Waals surface area (Å²) in [6.45, 7) is -0.133. The minimum Gasteiger partial charge on any atom is -0.395 e. The zero-order valence-corrected chi connectivity index (χ0v) is 9.83. The Hall–Kier alpha value is -0.820. The van der Waals surface area contributed by atoms with E-state index in [4.69, 9.17) is 10.8 Å². The van der Waals surface area contributed by atoms with Gasteiger partial charge in [0, 0.05) is 12.5 Å². The van der Waals surface area contributed by atoms with Crippen LogP contribution in [0.2, 0.25) is 0 Å². The molecular formula is C10H19F3N2O2. The van der Waals surface area contributed by atoms with Gasteiger partial charge in [-0.25, -0.2) is 0 Å². The molecule has 0 fully saturated rings. The average molecular weight is 256 g/mol. The van der Waals surface area contributed by atoms with E-state index < -0.39 is 31.2 Å². The van der Waals surface area contributed by atoms with Gasteiger partial charge in [0.2, 0.25) is 5.91 Å². The van der Waals surface area contributed by atoms with Gasteiger partial charge in [-0.3, -0.25) is 4.79 Å². The molecular weight excluding hydrogens is 237 g/mol. The first-order chi connectivity index (χ1) is 7.81. The fourth-order valence-electron chi connectivity index (χ4n) is 1.46. The number of amides is 1. The number of rotatable bonds is 7. The van der Waals surface area contributed by atoms with Gasteiger partial charge in [0.1, 0.15) is 6.54 Å². The standard InChI is InChI=1S/C10H19F3N2O2/c1-8(3-2-4-14)9(17)15(5-6-16)7-10(11,12)13/h8,16H,2-7,14H2,1H3. The summed E-state index contributed by atoms with van der Waals surface area (Å²) in [6.07, 6.45) is -3.40. The second kappa shape index (κ2) is 7.50. The molecule has 1 amide bonds. The number of nitrogens with zero attached hydrogens (tertiary/aromatic N) is 1. The minimum absolute atomic E-state index is 0.300. The number of aliphatic hydroxyl groups excluding tert-OH is 1. The Morgan fingerprint density at radius 1 is 1.47 bits per heavy atom. The Bertz CT molecular complexity index is 234. The van der Waals surface area contributed by atoms with Crippen molar-refractivity contribution in [3.63, 3.8) is 0 Å². The summed E-state index contributed by atoms with van der Waals surface area (Å²) in [7, 11) is 0. The van der Waals surface area contributed by atoms with Crippen LogP contribution < -0.4 is 5.73 Å². The van der Waals surface area contributed by atoms with Crippen molar-refractivity contribution < 1.29 is 23.1 Å². The Labute approximate surface area is 98.6 Å². The van der Waals surface area contributed by atoms with Gasteiger partial charge in [-0.2, -0.15) is 13.2 Å². The summed E-state index contributed by atoms with van der Waals surface area (Å²) in [5.41, 5.74) is 5.27. The van der Waals surface area contributed by atoms with Crippen molar-refractivity contribution in [1.82, 2.24) is 4.90 Å². The van der Waals surface area contributed by atoms with Gasteiger partial charge in [-0.1, -0.05) is 6.92 Å². The molecule has 0 rings (SSSR count). The lowest BCUT2D eigenvalue weighted by Gasteiger charge is -2.26. The zero-order chi connectivity index (χ0) is 13.5. The molecule has 0 saturated carbocycles. The number of carbonyl (C=O) groups excluding carboxylic acids is 1. The Morgan fingerprint density at radius 3 is 2.47 bits per heavy atom. The monoisotopic (exact) mass is 256 g/mol. The molecule has 0 heterocycles. The molecule has 0 aliphatic carbocycles. The molecule has 0 aliphatic heterocycles. The average Bonchev–Trinajstić information content (AvgIpc) is 2.22. The first-order valence-corrected chi connectivity index (χ1v) is 5.48. The second-order valence-electron chi connectivity index (χ2n) is 3.93. The van der Waals surface area contributed by atoms with Crippen LogP contribution in [0.15, 0.2) is 0 Å². The lowest BCUT2D eigenvalue weighted by Crippen LogP contribution is -2.43. The highest BCUT2D eigenvalue weighted by molar-refractivity contribution is 5.78. The van der Waals surface area contributed by atoms with E-state index in [1.165, 1.54) is 0 Å². The minimum atomic E-state index is -4.45. The smallest absolute Gasteiger partial charge is 0.395 e. The van der Waals surface area contributed by atoms with Gasteiger partial charge in [0.15, 0.2) is 0 Å². The fourth-order valence-corrected chi connectivity index (χ4v) is 1.46. The van der Waals surface area contributed by atoms with Gasteiger partial charge in [-0.05, 0) is 19.4 Å². The molecule has 0 aromatic carbocycles. The normalized spacial score (nSPS) is 13.5. The number of alkyl halides is 3. The van der Waals surface area contributed by atoms with Crippen LogP contribution in [0.25, 0.3) is 0 Å². The molecule has 102 valence electrons. The van der Waals surface area contributed by atoms with Crippen molar-refractivity contribution in [2.24, 2.45) is 11.7 Å². The van der Waals surface area contributed by atoms with E-state index >= 15 is 0 Å².